The summed E-state index contributed by atoms with van der Waals surface area (Å²) in [4.78, 5) is 15.1. The number of hydrogen-bond donors (Lipinski definition) is 1. The van der Waals surface area contributed by atoms with Crippen molar-refractivity contribution in [2.75, 3.05) is 19.7 Å². The highest BCUT2D eigenvalue weighted by Gasteiger charge is 2.38. The average Bonchev–Trinajstić information content (AvgIpc) is 3.01. The molecule has 25 heavy (non-hydrogen) atoms. The normalized spacial score (nSPS) is 29.3. The van der Waals surface area contributed by atoms with Gasteiger partial charge in [0.05, 0.1) is 11.6 Å². The van der Waals surface area contributed by atoms with E-state index in [1.807, 2.05) is 17.8 Å². The molecule has 2 aliphatic heterocycles. The maximum absolute atomic E-state index is 12.6. The van der Waals surface area contributed by atoms with Crippen molar-refractivity contribution in [1.82, 2.24) is 20.0 Å². The Balaban J connectivity index is 1.25. The lowest BCUT2D eigenvalue weighted by molar-refractivity contribution is -0.133. The number of nitrogens with zero attached hydrogens (tertiary/aromatic N) is 3. The number of likely N-dealkylation sites (tertiary alicyclic amines) is 1. The molecule has 1 amide bonds. The zero-order chi connectivity index (χ0) is 17.2. The van der Waals surface area contributed by atoms with Gasteiger partial charge in [0.15, 0.2) is 0 Å². The molecule has 0 radical (unpaired) electrons. The Bertz CT molecular complexity index is 590. The van der Waals surface area contributed by atoms with Crippen molar-refractivity contribution in [3.05, 3.63) is 18.0 Å². The number of aryl methyl sites for hydroxylation is 1. The van der Waals surface area contributed by atoms with E-state index >= 15 is 0 Å². The highest BCUT2D eigenvalue weighted by atomic mass is 16.5. The third-order valence-electron chi connectivity index (χ3n) is 6.19. The van der Waals surface area contributed by atoms with Gasteiger partial charge in [-0.3, -0.25) is 14.4 Å². The van der Waals surface area contributed by atoms with Crippen LogP contribution in [0.5, 0.6) is 0 Å². The summed E-state index contributed by atoms with van der Waals surface area (Å²) in [7, 11) is 1.94. The van der Waals surface area contributed by atoms with Gasteiger partial charge >= 0.3 is 0 Å². The first kappa shape index (κ1) is 17.0. The second kappa shape index (κ2) is 7.46. The molecule has 2 saturated heterocycles. The van der Waals surface area contributed by atoms with Crippen LogP contribution in [0.25, 0.3) is 0 Å². The van der Waals surface area contributed by atoms with Crippen LogP contribution in [0.1, 0.15) is 56.7 Å². The number of carbonyl (C=O) groups excluding carboxylic acids is 1. The Morgan fingerprint density at radius 3 is 2.76 bits per heavy atom. The van der Waals surface area contributed by atoms with Gasteiger partial charge in [-0.05, 0) is 31.7 Å². The smallest absolute Gasteiger partial charge is 0.225 e. The molecule has 1 aromatic rings. The molecule has 6 heteroatoms. The Hall–Kier alpha value is -1.40. The molecule has 3 fully saturated rings. The Kier molecular flexibility index (Phi) is 5.08. The molecule has 1 aromatic heterocycles. The van der Waals surface area contributed by atoms with E-state index in [2.05, 4.69) is 15.3 Å². The topological polar surface area (TPSA) is 59.4 Å². The van der Waals surface area contributed by atoms with Gasteiger partial charge in [0, 0.05) is 45.0 Å². The predicted octanol–water partition coefficient (Wildman–Crippen LogP) is 2.02. The maximum atomic E-state index is 12.6. The number of nitrogens with one attached hydrogen (secondary N) is 1. The van der Waals surface area contributed by atoms with E-state index in [0.29, 0.717) is 6.61 Å². The number of rotatable bonds is 4. The summed E-state index contributed by atoms with van der Waals surface area (Å²) in [6.45, 7) is 2.59. The quantitative estimate of drug-likeness (QED) is 0.906. The van der Waals surface area contributed by atoms with Gasteiger partial charge in [0.25, 0.3) is 0 Å². The molecule has 3 aliphatic rings. The average molecular weight is 346 g/mol. The first-order valence-corrected chi connectivity index (χ1v) is 9.84. The summed E-state index contributed by atoms with van der Waals surface area (Å²) in [5, 5.41) is 7.51. The zero-order valence-electron chi connectivity index (χ0n) is 15.2. The molecule has 1 aliphatic carbocycles. The monoisotopic (exact) mass is 346 g/mol. The molecule has 0 aromatic carbocycles. The summed E-state index contributed by atoms with van der Waals surface area (Å²) in [6.07, 6.45) is 10.3. The molecule has 1 N–H and O–H groups in total. The van der Waals surface area contributed by atoms with Crippen LogP contribution in [-0.4, -0.2) is 52.4 Å². The Labute approximate surface area is 149 Å². The van der Waals surface area contributed by atoms with E-state index in [1.54, 1.807) is 6.20 Å². The second-order valence-electron chi connectivity index (χ2n) is 7.91. The lowest BCUT2D eigenvalue weighted by atomic mass is 9.88. The number of carbonyl (C=O) groups is 1. The Morgan fingerprint density at radius 2 is 2.04 bits per heavy atom. The van der Waals surface area contributed by atoms with Crippen molar-refractivity contribution < 1.29 is 9.53 Å². The molecule has 1 saturated carbocycles. The molecule has 0 spiro atoms. The zero-order valence-corrected chi connectivity index (χ0v) is 15.2. The SMILES string of the molecule is Cn1nccc1C1CC(NC(=O)C2CN(C3CCCCC3)C2)CCO1. The van der Waals surface area contributed by atoms with E-state index in [-0.39, 0.29) is 24.0 Å². The van der Waals surface area contributed by atoms with Crippen LogP contribution in [-0.2, 0) is 16.6 Å². The third kappa shape index (κ3) is 3.75. The minimum Gasteiger partial charge on any atom is -0.372 e. The van der Waals surface area contributed by atoms with E-state index in [9.17, 15) is 4.79 Å². The van der Waals surface area contributed by atoms with Gasteiger partial charge in [-0.1, -0.05) is 19.3 Å². The predicted molar refractivity (Wildman–Crippen MR) is 95.0 cm³/mol. The van der Waals surface area contributed by atoms with Crippen LogP contribution in [0, 0.1) is 5.92 Å². The van der Waals surface area contributed by atoms with Crippen molar-refractivity contribution in [1.29, 1.82) is 0 Å². The molecule has 138 valence electrons. The second-order valence-corrected chi connectivity index (χ2v) is 7.91. The standard InChI is InChI=1S/C19H30N4O2/c1-22-17(7-9-20-22)18-11-15(8-10-25-18)21-19(24)14-12-23(13-14)16-5-3-2-4-6-16/h7,9,14-16,18H,2-6,8,10-13H2,1H3,(H,21,24). The number of aromatic nitrogens is 2. The van der Waals surface area contributed by atoms with Gasteiger partial charge < -0.3 is 10.1 Å². The fraction of sp³-hybridized carbons (Fsp3) is 0.789. The molecule has 6 nitrogen and oxygen atoms in total. The van der Waals surface area contributed by atoms with Gasteiger partial charge in [0.2, 0.25) is 5.91 Å². The van der Waals surface area contributed by atoms with Crippen molar-refractivity contribution in [2.45, 2.75) is 63.1 Å². The lowest BCUT2D eigenvalue weighted by Gasteiger charge is -2.45. The first-order chi connectivity index (χ1) is 12.2. The van der Waals surface area contributed by atoms with E-state index < -0.39 is 0 Å². The third-order valence-corrected chi connectivity index (χ3v) is 6.19. The van der Waals surface area contributed by atoms with Crippen LogP contribution >= 0.6 is 0 Å². The van der Waals surface area contributed by atoms with Crippen LogP contribution in [0.2, 0.25) is 0 Å². The van der Waals surface area contributed by atoms with Crippen LogP contribution in [0.15, 0.2) is 12.3 Å². The molecule has 0 bridgehead atoms. The largest absolute Gasteiger partial charge is 0.372 e. The highest BCUT2D eigenvalue weighted by Crippen LogP contribution is 2.30. The molecule has 2 atom stereocenters. The van der Waals surface area contributed by atoms with E-state index in [4.69, 9.17) is 4.74 Å². The number of amides is 1. The summed E-state index contributed by atoms with van der Waals surface area (Å²) in [5.41, 5.74) is 1.09. The van der Waals surface area contributed by atoms with Gasteiger partial charge in [0.1, 0.15) is 6.10 Å². The van der Waals surface area contributed by atoms with Crippen molar-refractivity contribution in [3.8, 4) is 0 Å². The summed E-state index contributed by atoms with van der Waals surface area (Å²) < 4.78 is 7.76. The molecule has 2 unspecified atom stereocenters. The minimum atomic E-state index is 0.0340. The van der Waals surface area contributed by atoms with Crippen molar-refractivity contribution in [2.24, 2.45) is 13.0 Å². The first-order valence-electron chi connectivity index (χ1n) is 9.84. The molecular weight excluding hydrogens is 316 g/mol. The molecule has 4 rings (SSSR count). The minimum absolute atomic E-state index is 0.0340. The number of ether oxygens (including phenoxy) is 1. The maximum Gasteiger partial charge on any atom is 0.225 e. The lowest BCUT2D eigenvalue weighted by Crippen LogP contribution is -2.58. The van der Waals surface area contributed by atoms with E-state index in [1.165, 1.54) is 32.1 Å². The van der Waals surface area contributed by atoms with Gasteiger partial charge in [-0.2, -0.15) is 5.10 Å². The van der Waals surface area contributed by atoms with Crippen LogP contribution in [0.3, 0.4) is 0 Å². The van der Waals surface area contributed by atoms with E-state index in [0.717, 1.165) is 37.7 Å². The Morgan fingerprint density at radius 1 is 1.24 bits per heavy atom. The highest BCUT2D eigenvalue weighted by molar-refractivity contribution is 5.80. The fourth-order valence-corrected chi connectivity index (χ4v) is 4.58. The van der Waals surface area contributed by atoms with Crippen molar-refractivity contribution >= 4 is 5.91 Å². The number of hydrogen-bond acceptors (Lipinski definition) is 4. The molecule has 3 heterocycles. The van der Waals surface area contributed by atoms with Crippen molar-refractivity contribution in [3.63, 3.8) is 0 Å². The summed E-state index contributed by atoms with van der Waals surface area (Å²) >= 11 is 0. The summed E-state index contributed by atoms with van der Waals surface area (Å²) in [6, 6.07) is 2.95. The fourth-order valence-electron chi connectivity index (χ4n) is 4.58. The van der Waals surface area contributed by atoms with Crippen LogP contribution < -0.4 is 5.32 Å². The van der Waals surface area contributed by atoms with Gasteiger partial charge in [-0.25, -0.2) is 0 Å². The molecular formula is C19H30N4O2. The van der Waals surface area contributed by atoms with Gasteiger partial charge in [-0.15, -0.1) is 0 Å². The van der Waals surface area contributed by atoms with Crippen LogP contribution in [0.4, 0.5) is 0 Å². The summed E-state index contributed by atoms with van der Waals surface area (Å²) in [5.74, 6) is 0.419.